The lowest BCUT2D eigenvalue weighted by Gasteiger charge is -2.23. The summed E-state index contributed by atoms with van der Waals surface area (Å²) in [6.45, 7) is 11.2. The van der Waals surface area contributed by atoms with Crippen molar-refractivity contribution >= 4 is 68.8 Å². The highest BCUT2D eigenvalue weighted by atomic mass is 16.3. The minimum Gasteiger partial charge on any atom is -0.507 e. The number of carbonyl (C=O) groups is 2. The van der Waals surface area contributed by atoms with Crippen molar-refractivity contribution in [1.82, 2.24) is 9.97 Å². The summed E-state index contributed by atoms with van der Waals surface area (Å²) in [5.74, 6) is -3.72. The molecular weight excluding hydrogens is 937 g/mol. The zero-order valence-electron chi connectivity index (χ0n) is 41.2. The molecule has 0 radical (unpaired) electrons. The fourth-order valence-electron chi connectivity index (χ4n) is 10.2. The van der Waals surface area contributed by atoms with Crippen LogP contribution >= 0.6 is 0 Å². The van der Waals surface area contributed by atoms with Gasteiger partial charge in [-0.15, -0.1) is 10.2 Å². The van der Waals surface area contributed by atoms with Crippen LogP contribution in [0.5, 0.6) is 34.5 Å². The number of anilines is 2. The van der Waals surface area contributed by atoms with Crippen LogP contribution in [0.25, 0.3) is 32.7 Å². The minimum absolute atomic E-state index is 0.00736. The van der Waals surface area contributed by atoms with Gasteiger partial charge in [0.2, 0.25) is 0 Å². The van der Waals surface area contributed by atoms with Gasteiger partial charge in [-0.1, -0.05) is 100 Å². The number of phenols is 6. The Hall–Kier alpha value is -9.44. The number of phenolic OH excluding ortho intramolecular Hbond substituents is 6. The normalized spacial score (nSPS) is 14.7. The third-order valence-electron chi connectivity index (χ3n) is 13.5. The molecule has 6 N–H and O–H groups in total. The molecule has 0 saturated heterocycles. The Bertz CT molecular complexity index is 3530. The number of fused-ring (bicyclic) bond motifs is 4. The molecule has 370 valence electrons. The summed E-state index contributed by atoms with van der Waals surface area (Å²) in [7, 11) is 0. The van der Waals surface area contributed by atoms with Crippen molar-refractivity contribution < 1.29 is 40.2 Å². The predicted molar refractivity (Wildman–Crippen MR) is 287 cm³/mol. The zero-order chi connectivity index (χ0) is 52.3. The molecule has 0 fully saturated rings. The predicted octanol–water partition coefficient (Wildman–Crippen LogP) is 10.3. The van der Waals surface area contributed by atoms with Gasteiger partial charge in [-0.05, 0) is 83.0 Å². The van der Waals surface area contributed by atoms with Gasteiger partial charge in [0.25, 0.3) is 11.8 Å². The second kappa shape index (κ2) is 19.0. The maximum absolute atomic E-state index is 13.9. The fraction of sp³-hybridized carbons (Fsp3) is 0.172. The standard InChI is InChI=1S/C58H50N8O8/c1-29(2)41-37-23-31(5)43(51(69)45(37)39(49(67)53(41)71)25-61-63-47-35-19-13-21-59-55(35)65(57(47)73)27-33-15-9-7-10-16-33)44-32(6)24-38-42(30(3)4)54(72)50(68)40(46(38)52(44)70)26-62-64-48-36-20-14-22-60-56(36)66(58(48)74)28-34-17-11-8-12-18-34/h7-26,29-30,67-72H,27-28H2,1-6H3/b61-25+,62-26+,63-47-,64-48+. The molecule has 74 heavy (non-hydrogen) atoms. The summed E-state index contributed by atoms with van der Waals surface area (Å²) >= 11 is 0. The lowest BCUT2D eigenvalue weighted by Crippen LogP contribution is -2.29. The molecule has 6 aromatic carbocycles. The van der Waals surface area contributed by atoms with Crippen molar-refractivity contribution in [2.75, 3.05) is 9.80 Å². The van der Waals surface area contributed by atoms with E-state index in [2.05, 4.69) is 30.4 Å². The van der Waals surface area contributed by atoms with E-state index < -0.39 is 46.3 Å². The molecule has 16 nitrogen and oxygen atoms in total. The number of carbonyl (C=O) groups excluding carboxylic acids is 2. The van der Waals surface area contributed by atoms with Crippen molar-refractivity contribution in [2.24, 2.45) is 20.4 Å². The van der Waals surface area contributed by atoms with Crippen LogP contribution in [0, 0.1) is 13.8 Å². The van der Waals surface area contributed by atoms with E-state index in [1.165, 1.54) is 9.80 Å². The first-order chi connectivity index (χ1) is 35.6. The van der Waals surface area contributed by atoms with Gasteiger partial charge in [-0.2, -0.15) is 10.2 Å². The van der Waals surface area contributed by atoms with Crippen LogP contribution < -0.4 is 9.80 Å². The number of amides is 2. The molecule has 10 rings (SSSR count). The number of rotatable bonds is 11. The van der Waals surface area contributed by atoms with Crippen LogP contribution in [0.4, 0.5) is 11.6 Å². The SMILES string of the molecule is Cc1cc2c(C(C)C)c(O)c(O)c(/C=N/N=C3\C(=O)N(Cc4ccccc4)c4ncccc43)c2c(O)c1-c1c(C)cc2c(C(C)C)c(O)c(O)c(/C=N/N=C3/C(=O)N(Cc4ccccc4)c4ncccc43)c2c1O. The number of nitrogens with zero attached hydrogens (tertiary/aromatic N) is 8. The Morgan fingerprint density at radius 1 is 0.514 bits per heavy atom. The van der Waals surface area contributed by atoms with E-state index >= 15 is 0 Å². The van der Waals surface area contributed by atoms with Gasteiger partial charge in [0.1, 0.15) is 23.1 Å². The monoisotopic (exact) mass is 986 g/mol. The van der Waals surface area contributed by atoms with Gasteiger partial charge in [0.05, 0.1) is 47.8 Å². The van der Waals surface area contributed by atoms with E-state index in [0.717, 1.165) is 23.6 Å². The number of aromatic hydroxyl groups is 6. The third-order valence-corrected chi connectivity index (χ3v) is 13.5. The lowest BCUT2D eigenvalue weighted by molar-refractivity contribution is -0.113. The van der Waals surface area contributed by atoms with E-state index in [0.29, 0.717) is 55.8 Å². The van der Waals surface area contributed by atoms with E-state index in [-0.39, 0.29) is 69.4 Å². The maximum atomic E-state index is 13.9. The highest BCUT2D eigenvalue weighted by Gasteiger charge is 2.37. The van der Waals surface area contributed by atoms with Crippen molar-refractivity contribution in [2.45, 2.75) is 66.5 Å². The molecule has 2 amide bonds. The second-order valence-electron chi connectivity index (χ2n) is 18.9. The summed E-state index contributed by atoms with van der Waals surface area (Å²) in [6.07, 6.45) is 5.46. The van der Waals surface area contributed by atoms with E-state index in [9.17, 15) is 40.2 Å². The molecule has 0 aliphatic carbocycles. The summed E-state index contributed by atoms with van der Waals surface area (Å²) in [4.78, 5) is 39.8. The summed E-state index contributed by atoms with van der Waals surface area (Å²) in [5.41, 5.74) is 4.22. The number of pyridine rings is 2. The molecule has 0 spiro atoms. The van der Waals surface area contributed by atoms with Gasteiger partial charge in [-0.3, -0.25) is 19.4 Å². The average molecular weight is 987 g/mol. The van der Waals surface area contributed by atoms with E-state index in [4.69, 9.17) is 0 Å². The molecule has 0 atom stereocenters. The van der Waals surface area contributed by atoms with Gasteiger partial charge < -0.3 is 30.6 Å². The highest BCUT2D eigenvalue weighted by molar-refractivity contribution is 6.54. The smallest absolute Gasteiger partial charge is 0.281 e. The van der Waals surface area contributed by atoms with Gasteiger partial charge >= 0.3 is 0 Å². The quantitative estimate of drug-likeness (QED) is 0.0407. The number of aromatic nitrogens is 2. The topological polar surface area (TPSA) is 237 Å². The van der Waals surface area contributed by atoms with Crippen molar-refractivity contribution in [3.8, 4) is 45.6 Å². The first-order valence-corrected chi connectivity index (χ1v) is 23.9. The Kier molecular flexibility index (Phi) is 12.3. The molecule has 8 aromatic rings. The molecule has 2 aromatic heterocycles. The molecular formula is C58H50N8O8. The van der Waals surface area contributed by atoms with Crippen molar-refractivity contribution in [3.05, 3.63) is 165 Å². The van der Waals surface area contributed by atoms with E-state index in [1.807, 2.05) is 88.4 Å². The van der Waals surface area contributed by atoms with Crippen LogP contribution in [0.1, 0.15) is 95.2 Å². The van der Waals surface area contributed by atoms with Crippen LogP contribution in [0.3, 0.4) is 0 Å². The lowest BCUT2D eigenvalue weighted by atomic mass is 9.83. The molecule has 0 bridgehead atoms. The summed E-state index contributed by atoms with van der Waals surface area (Å²) < 4.78 is 0. The van der Waals surface area contributed by atoms with Gasteiger partial charge in [0.15, 0.2) is 34.4 Å². The number of hydrogen-bond acceptors (Lipinski definition) is 14. The van der Waals surface area contributed by atoms with Crippen LogP contribution in [-0.2, 0) is 22.7 Å². The Morgan fingerprint density at radius 3 is 1.26 bits per heavy atom. The molecule has 2 aliphatic rings. The fourth-order valence-corrected chi connectivity index (χ4v) is 10.2. The Balaban J connectivity index is 1.12. The Labute approximate surface area is 424 Å². The van der Waals surface area contributed by atoms with Crippen molar-refractivity contribution in [3.63, 3.8) is 0 Å². The summed E-state index contributed by atoms with van der Waals surface area (Å²) in [5, 5.41) is 90.3. The van der Waals surface area contributed by atoms with E-state index in [1.54, 1.807) is 62.6 Å². The largest absolute Gasteiger partial charge is 0.507 e. The van der Waals surface area contributed by atoms with Crippen LogP contribution in [-0.4, -0.2) is 76.3 Å². The van der Waals surface area contributed by atoms with Crippen molar-refractivity contribution in [1.29, 1.82) is 0 Å². The molecule has 16 heteroatoms. The van der Waals surface area contributed by atoms with Gasteiger partial charge in [-0.25, -0.2) is 9.97 Å². The average Bonchev–Trinajstić information content (AvgIpc) is 3.80. The second-order valence-corrected chi connectivity index (χ2v) is 18.9. The van der Waals surface area contributed by atoms with Gasteiger partial charge in [0, 0.05) is 45.4 Å². The first-order valence-electron chi connectivity index (χ1n) is 23.9. The minimum atomic E-state index is -0.607. The third kappa shape index (κ3) is 7.96. The first kappa shape index (κ1) is 48.2. The number of hydrogen-bond donors (Lipinski definition) is 6. The Morgan fingerprint density at radius 2 is 0.892 bits per heavy atom. The highest BCUT2D eigenvalue weighted by Crippen LogP contribution is 2.54. The van der Waals surface area contributed by atoms with Crippen LogP contribution in [0.2, 0.25) is 0 Å². The summed E-state index contributed by atoms with van der Waals surface area (Å²) in [6, 6.07) is 29.1. The molecule has 0 saturated carbocycles. The molecule has 4 heterocycles. The van der Waals surface area contributed by atoms with Crippen LogP contribution in [0.15, 0.2) is 130 Å². The number of aryl methyl sites for hydroxylation is 2. The zero-order valence-corrected chi connectivity index (χ0v) is 41.2. The maximum Gasteiger partial charge on any atom is 0.281 e. The molecule has 0 unspecified atom stereocenters. The number of benzene rings is 6. The molecule has 2 aliphatic heterocycles.